The summed E-state index contributed by atoms with van der Waals surface area (Å²) >= 11 is 0. The van der Waals surface area contributed by atoms with Gasteiger partial charge >= 0.3 is 5.97 Å². The maximum absolute atomic E-state index is 13.3. The van der Waals surface area contributed by atoms with E-state index in [0.717, 1.165) is 23.3 Å². The lowest BCUT2D eigenvalue weighted by molar-refractivity contribution is -0.142. The van der Waals surface area contributed by atoms with Crippen molar-refractivity contribution in [2.24, 2.45) is 0 Å². The number of benzene rings is 2. The minimum Gasteiger partial charge on any atom is -0.494 e. The van der Waals surface area contributed by atoms with Crippen molar-refractivity contribution >= 4 is 5.97 Å². The van der Waals surface area contributed by atoms with Gasteiger partial charge in [0.05, 0.1) is 12.6 Å². The monoisotopic (exact) mass is 343 g/mol. The maximum Gasteiger partial charge on any atom is 0.320 e. The van der Waals surface area contributed by atoms with Crippen molar-refractivity contribution in [2.75, 3.05) is 13.2 Å². The highest BCUT2D eigenvalue weighted by molar-refractivity contribution is 5.74. The van der Waals surface area contributed by atoms with Crippen LogP contribution in [-0.4, -0.2) is 35.2 Å². The van der Waals surface area contributed by atoms with Crippen LogP contribution in [0.4, 0.5) is 4.39 Å². The highest BCUT2D eigenvalue weighted by atomic mass is 19.1. The molecule has 0 amide bonds. The number of carboxylic acids is 1. The lowest BCUT2D eigenvalue weighted by Gasteiger charge is -2.32. The summed E-state index contributed by atoms with van der Waals surface area (Å²) in [6.45, 7) is 3.22. The summed E-state index contributed by atoms with van der Waals surface area (Å²) in [6.07, 6.45) is 1.47. The molecule has 25 heavy (non-hydrogen) atoms. The molecular formula is C20H22FNO3. The van der Waals surface area contributed by atoms with Crippen molar-refractivity contribution in [2.45, 2.75) is 31.8 Å². The van der Waals surface area contributed by atoms with Gasteiger partial charge in [-0.2, -0.15) is 0 Å². The molecule has 2 unspecified atom stereocenters. The lowest BCUT2D eigenvalue weighted by Crippen LogP contribution is -2.39. The van der Waals surface area contributed by atoms with E-state index in [2.05, 4.69) is 0 Å². The van der Waals surface area contributed by atoms with Crippen LogP contribution in [0.5, 0.6) is 5.75 Å². The Balaban J connectivity index is 1.99. The van der Waals surface area contributed by atoms with E-state index in [1.165, 1.54) is 12.1 Å². The molecule has 132 valence electrons. The Morgan fingerprint density at radius 1 is 1.20 bits per heavy atom. The lowest BCUT2D eigenvalue weighted by atomic mass is 9.96. The second kappa shape index (κ2) is 7.66. The Morgan fingerprint density at radius 2 is 1.80 bits per heavy atom. The number of ether oxygens (including phenoxy) is 1. The fraction of sp³-hybridized carbons (Fsp3) is 0.350. The molecule has 3 rings (SSSR count). The van der Waals surface area contributed by atoms with Crippen molar-refractivity contribution in [3.05, 3.63) is 65.5 Å². The van der Waals surface area contributed by atoms with Crippen LogP contribution >= 0.6 is 0 Å². The van der Waals surface area contributed by atoms with E-state index in [1.807, 2.05) is 36.1 Å². The van der Waals surface area contributed by atoms with Crippen LogP contribution in [0.1, 0.15) is 36.9 Å². The zero-order chi connectivity index (χ0) is 17.8. The topological polar surface area (TPSA) is 49.8 Å². The largest absolute Gasteiger partial charge is 0.494 e. The molecule has 0 bridgehead atoms. The quantitative estimate of drug-likeness (QED) is 0.865. The van der Waals surface area contributed by atoms with Gasteiger partial charge in [-0.3, -0.25) is 9.69 Å². The SMILES string of the molecule is CCOc1ccc(C(c2ccc(F)cc2)N2CCCC2C(=O)O)cc1. The number of carbonyl (C=O) groups is 1. The molecule has 0 saturated carbocycles. The number of rotatable bonds is 6. The molecule has 2 aromatic rings. The van der Waals surface area contributed by atoms with Gasteiger partial charge in [-0.1, -0.05) is 24.3 Å². The predicted molar refractivity (Wildman–Crippen MR) is 93.2 cm³/mol. The molecule has 2 atom stereocenters. The fourth-order valence-electron chi connectivity index (χ4n) is 3.50. The average molecular weight is 343 g/mol. The molecule has 0 radical (unpaired) electrons. The summed E-state index contributed by atoms with van der Waals surface area (Å²) in [5.74, 6) is -0.332. The summed E-state index contributed by atoms with van der Waals surface area (Å²) < 4.78 is 18.8. The molecule has 1 fully saturated rings. The third kappa shape index (κ3) is 3.82. The summed E-state index contributed by atoms with van der Waals surface area (Å²) in [5, 5.41) is 9.56. The molecular weight excluding hydrogens is 321 g/mol. The molecule has 4 nitrogen and oxygen atoms in total. The molecule has 1 saturated heterocycles. The highest BCUT2D eigenvalue weighted by Crippen LogP contribution is 2.35. The molecule has 2 aromatic carbocycles. The van der Waals surface area contributed by atoms with E-state index in [9.17, 15) is 14.3 Å². The first-order valence-electron chi connectivity index (χ1n) is 8.57. The highest BCUT2D eigenvalue weighted by Gasteiger charge is 2.36. The Hall–Kier alpha value is -2.40. The zero-order valence-corrected chi connectivity index (χ0v) is 14.2. The number of carboxylic acid groups (broad SMARTS) is 1. The van der Waals surface area contributed by atoms with Crippen LogP contribution in [0, 0.1) is 5.82 Å². The fourth-order valence-corrected chi connectivity index (χ4v) is 3.50. The molecule has 1 heterocycles. The van der Waals surface area contributed by atoms with Crippen LogP contribution in [0.25, 0.3) is 0 Å². The Kier molecular flexibility index (Phi) is 5.34. The van der Waals surface area contributed by atoms with E-state index < -0.39 is 12.0 Å². The van der Waals surface area contributed by atoms with E-state index in [4.69, 9.17) is 4.74 Å². The summed E-state index contributed by atoms with van der Waals surface area (Å²) in [7, 11) is 0. The standard InChI is InChI=1S/C20H22FNO3/c1-2-25-17-11-7-15(8-12-17)19(14-5-9-16(21)10-6-14)22-13-3-4-18(22)20(23)24/h5-12,18-19H,2-4,13H2,1H3,(H,23,24). The van der Waals surface area contributed by atoms with Gasteiger partial charge in [0.1, 0.15) is 17.6 Å². The normalized spacial score (nSPS) is 18.9. The summed E-state index contributed by atoms with van der Waals surface area (Å²) in [6, 6.07) is 13.2. The molecule has 5 heteroatoms. The molecule has 1 aliphatic heterocycles. The number of likely N-dealkylation sites (tertiary alicyclic amines) is 1. The van der Waals surface area contributed by atoms with Gasteiger partial charge in [-0.05, 0) is 55.2 Å². The van der Waals surface area contributed by atoms with Crippen molar-refractivity contribution in [3.63, 3.8) is 0 Å². The van der Waals surface area contributed by atoms with Gasteiger partial charge in [-0.25, -0.2) is 4.39 Å². The smallest absolute Gasteiger partial charge is 0.320 e. The number of nitrogens with zero attached hydrogens (tertiary/aromatic N) is 1. The number of aliphatic carboxylic acids is 1. The molecule has 0 aromatic heterocycles. The molecule has 1 aliphatic rings. The molecule has 1 N–H and O–H groups in total. The molecule has 0 spiro atoms. The zero-order valence-electron chi connectivity index (χ0n) is 14.2. The van der Waals surface area contributed by atoms with Crippen molar-refractivity contribution in [1.82, 2.24) is 4.90 Å². The number of hydrogen-bond donors (Lipinski definition) is 1. The van der Waals surface area contributed by atoms with Crippen molar-refractivity contribution in [1.29, 1.82) is 0 Å². The first kappa shape index (κ1) is 17.4. The second-order valence-electron chi connectivity index (χ2n) is 6.19. The maximum atomic E-state index is 13.3. The Morgan fingerprint density at radius 3 is 2.36 bits per heavy atom. The first-order valence-corrected chi connectivity index (χ1v) is 8.57. The van der Waals surface area contributed by atoms with E-state index in [0.29, 0.717) is 19.6 Å². The number of hydrogen-bond acceptors (Lipinski definition) is 3. The second-order valence-corrected chi connectivity index (χ2v) is 6.19. The van der Waals surface area contributed by atoms with Crippen molar-refractivity contribution in [3.8, 4) is 5.75 Å². The summed E-state index contributed by atoms with van der Waals surface area (Å²) in [5.41, 5.74) is 1.86. The predicted octanol–water partition coefficient (Wildman–Crippen LogP) is 3.86. The van der Waals surface area contributed by atoms with Gasteiger partial charge in [0, 0.05) is 6.54 Å². The van der Waals surface area contributed by atoms with Crippen LogP contribution in [-0.2, 0) is 4.79 Å². The van der Waals surface area contributed by atoms with Crippen LogP contribution in [0.3, 0.4) is 0 Å². The first-order chi connectivity index (χ1) is 12.1. The van der Waals surface area contributed by atoms with Gasteiger partial charge in [0.25, 0.3) is 0 Å². The van der Waals surface area contributed by atoms with Crippen LogP contribution in [0.2, 0.25) is 0 Å². The molecule has 0 aliphatic carbocycles. The Bertz CT molecular complexity index is 715. The average Bonchev–Trinajstić information content (AvgIpc) is 3.08. The minimum absolute atomic E-state index is 0.222. The number of halogens is 1. The summed E-state index contributed by atoms with van der Waals surface area (Å²) in [4.78, 5) is 13.6. The van der Waals surface area contributed by atoms with Crippen LogP contribution in [0.15, 0.2) is 48.5 Å². The van der Waals surface area contributed by atoms with Crippen molar-refractivity contribution < 1.29 is 19.0 Å². The minimum atomic E-state index is -0.810. The van der Waals surface area contributed by atoms with E-state index in [1.54, 1.807) is 12.1 Å². The Labute approximate surface area is 146 Å². The van der Waals surface area contributed by atoms with E-state index in [-0.39, 0.29) is 11.9 Å². The van der Waals surface area contributed by atoms with E-state index >= 15 is 0 Å². The third-order valence-electron chi connectivity index (χ3n) is 4.60. The van der Waals surface area contributed by atoms with Gasteiger partial charge in [0.2, 0.25) is 0 Å². The van der Waals surface area contributed by atoms with Gasteiger partial charge < -0.3 is 9.84 Å². The van der Waals surface area contributed by atoms with Gasteiger partial charge in [0.15, 0.2) is 0 Å². The van der Waals surface area contributed by atoms with Crippen LogP contribution < -0.4 is 4.74 Å². The van der Waals surface area contributed by atoms with Gasteiger partial charge in [-0.15, -0.1) is 0 Å². The third-order valence-corrected chi connectivity index (χ3v) is 4.60.